The Balaban J connectivity index is 3.17. The molecule has 112 valence electrons. The van der Waals surface area contributed by atoms with E-state index in [1.807, 2.05) is 0 Å². The van der Waals surface area contributed by atoms with Crippen molar-refractivity contribution in [2.75, 3.05) is 0 Å². The minimum atomic E-state index is -0.167. The van der Waals surface area contributed by atoms with Gasteiger partial charge in [-0.3, -0.25) is 14.8 Å². The molecule has 0 spiro atoms. The van der Waals surface area contributed by atoms with Crippen LogP contribution in [0.3, 0.4) is 0 Å². The fraction of sp³-hybridized carbons (Fsp3) is 0.833. The Morgan fingerprint density at radius 1 is 1.47 bits per heavy atom. The third-order valence-electron chi connectivity index (χ3n) is 4.35. The molecule has 0 aliphatic heterocycles. The largest absolute Gasteiger partial charge is 0.323 e. The van der Waals surface area contributed by atoms with E-state index in [1.165, 1.54) is 11.1 Å². The first-order valence-electron chi connectivity index (χ1n) is 6.68. The van der Waals surface area contributed by atoms with Gasteiger partial charge in [-0.2, -0.15) is 0 Å². The van der Waals surface area contributed by atoms with Gasteiger partial charge in [0, 0.05) is 28.9 Å². The van der Waals surface area contributed by atoms with Crippen molar-refractivity contribution in [3.05, 3.63) is 11.1 Å². The Morgan fingerprint density at radius 3 is 2.53 bits per heavy atom. The molecule has 5 atom stereocenters. The van der Waals surface area contributed by atoms with E-state index >= 15 is 0 Å². The van der Waals surface area contributed by atoms with E-state index in [0.29, 0.717) is 5.92 Å². The summed E-state index contributed by atoms with van der Waals surface area (Å²) >= 11 is 2.08. The van der Waals surface area contributed by atoms with Crippen molar-refractivity contribution in [1.82, 2.24) is 14.4 Å². The normalized spacial score (nSPS) is 34.3. The highest BCUT2D eigenvalue weighted by molar-refractivity contribution is 14.1. The lowest BCUT2D eigenvalue weighted by Gasteiger charge is -2.32. The van der Waals surface area contributed by atoms with E-state index in [0.717, 1.165) is 12.8 Å². The van der Waals surface area contributed by atoms with Gasteiger partial charge in [0.25, 0.3) is 0 Å². The highest BCUT2D eigenvalue weighted by Crippen LogP contribution is 2.30. The van der Waals surface area contributed by atoms with E-state index < -0.39 is 0 Å². The van der Waals surface area contributed by atoms with Gasteiger partial charge < -0.3 is 10.9 Å². The molecule has 1 aliphatic rings. The molecule has 0 aromatic rings. The molecule has 1 rings (SSSR count). The average molecular weight is 383 g/mol. The molecule has 0 saturated carbocycles. The molecular weight excluding hydrogens is 357 g/mol. The van der Waals surface area contributed by atoms with Gasteiger partial charge in [0.05, 0.1) is 18.1 Å². The topological polar surface area (TPSA) is 108 Å². The zero-order valence-corrected chi connectivity index (χ0v) is 13.9. The number of nitrogens with one attached hydrogen (secondary N) is 3. The molecule has 0 heterocycles. The molecule has 0 radical (unpaired) electrons. The lowest BCUT2D eigenvalue weighted by molar-refractivity contribution is 0.103. The predicted octanol–water partition coefficient (Wildman–Crippen LogP) is 0.568. The SMILES string of the molecule is CCC(C)C1=C(C)C(N)C(NN)C(NI)C(NO)C1. The van der Waals surface area contributed by atoms with E-state index in [9.17, 15) is 5.21 Å². The lowest BCUT2D eigenvalue weighted by Crippen LogP contribution is -2.62. The van der Waals surface area contributed by atoms with Crippen LogP contribution in [-0.4, -0.2) is 29.4 Å². The van der Waals surface area contributed by atoms with Gasteiger partial charge in [0.15, 0.2) is 0 Å². The maximum absolute atomic E-state index is 9.45. The number of hydroxylamine groups is 1. The van der Waals surface area contributed by atoms with Crippen molar-refractivity contribution >= 4 is 22.9 Å². The van der Waals surface area contributed by atoms with Crippen LogP contribution in [0.1, 0.15) is 33.6 Å². The van der Waals surface area contributed by atoms with E-state index in [4.69, 9.17) is 11.6 Å². The number of rotatable bonds is 5. The van der Waals surface area contributed by atoms with Gasteiger partial charge in [0.2, 0.25) is 0 Å². The number of halogens is 1. The second kappa shape index (κ2) is 7.87. The average Bonchev–Trinajstić information content (AvgIpc) is 2.53. The van der Waals surface area contributed by atoms with Crippen LogP contribution in [0.4, 0.5) is 0 Å². The smallest absolute Gasteiger partial charge is 0.0577 e. The summed E-state index contributed by atoms with van der Waals surface area (Å²) in [6.07, 6.45) is 1.82. The summed E-state index contributed by atoms with van der Waals surface area (Å²) < 4.78 is 3.17. The minimum absolute atomic E-state index is 0.0536. The van der Waals surface area contributed by atoms with Crippen molar-refractivity contribution in [1.29, 1.82) is 0 Å². The number of nitrogens with two attached hydrogens (primary N) is 2. The van der Waals surface area contributed by atoms with Gasteiger partial charge in [-0.05, 0) is 25.7 Å². The Morgan fingerprint density at radius 2 is 2.11 bits per heavy atom. The summed E-state index contributed by atoms with van der Waals surface area (Å²) in [7, 11) is 0. The van der Waals surface area contributed by atoms with E-state index in [-0.39, 0.29) is 24.2 Å². The molecular formula is C12H26IN5O. The zero-order valence-electron chi connectivity index (χ0n) is 11.8. The number of hydrogen-bond donors (Lipinski definition) is 6. The Labute approximate surface area is 129 Å². The maximum atomic E-state index is 9.45. The summed E-state index contributed by atoms with van der Waals surface area (Å²) in [6.45, 7) is 6.43. The summed E-state index contributed by atoms with van der Waals surface area (Å²) in [5.41, 5.74) is 14.0. The van der Waals surface area contributed by atoms with Crippen molar-refractivity contribution < 1.29 is 5.21 Å². The van der Waals surface area contributed by atoms with Gasteiger partial charge in [-0.25, -0.2) is 5.48 Å². The summed E-state index contributed by atoms with van der Waals surface area (Å²) in [4.78, 5) is 0. The molecule has 19 heavy (non-hydrogen) atoms. The predicted molar refractivity (Wildman–Crippen MR) is 85.5 cm³/mol. The quantitative estimate of drug-likeness (QED) is 0.136. The molecule has 0 aromatic heterocycles. The van der Waals surface area contributed by atoms with Crippen LogP contribution in [-0.2, 0) is 0 Å². The molecule has 0 amide bonds. The highest BCUT2D eigenvalue weighted by Gasteiger charge is 2.38. The van der Waals surface area contributed by atoms with Crippen LogP contribution < -0.4 is 26.0 Å². The van der Waals surface area contributed by atoms with Crippen molar-refractivity contribution in [2.24, 2.45) is 17.5 Å². The molecule has 8 N–H and O–H groups in total. The summed E-state index contributed by atoms with van der Waals surface area (Å²) in [5, 5.41) is 9.45. The second-order valence-corrected chi connectivity index (χ2v) is 5.93. The highest BCUT2D eigenvalue weighted by atomic mass is 127. The molecule has 6 nitrogen and oxygen atoms in total. The van der Waals surface area contributed by atoms with Crippen LogP contribution in [0.15, 0.2) is 11.1 Å². The van der Waals surface area contributed by atoms with Gasteiger partial charge >= 0.3 is 0 Å². The van der Waals surface area contributed by atoms with E-state index in [1.54, 1.807) is 0 Å². The van der Waals surface area contributed by atoms with Crippen molar-refractivity contribution in [3.63, 3.8) is 0 Å². The first-order valence-corrected chi connectivity index (χ1v) is 7.76. The number of hydrazine groups is 1. The Kier molecular flexibility index (Phi) is 7.15. The molecule has 0 aromatic carbocycles. The molecule has 0 fully saturated rings. The molecule has 5 unspecified atom stereocenters. The van der Waals surface area contributed by atoms with Crippen LogP contribution >= 0.6 is 22.9 Å². The summed E-state index contributed by atoms with van der Waals surface area (Å²) in [5.74, 6) is 6.11. The zero-order chi connectivity index (χ0) is 14.6. The molecule has 0 bridgehead atoms. The van der Waals surface area contributed by atoms with Crippen LogP contribution in [0, 0.1) is 5.92 Å². The van der Waals surface area contributed by atoms with Crippen LogP contribution in [0.25, 0.3) is 0 Å². The maximum Gasteiger partial charge on any atom is 0.0577 e. The Bertz CT molecular complexity index is 325. The monoisotopic (exact) mass is 383 g/mol. The Hall–Kier alpha value is 0.230. The van der Waals surface area contributed by atoms with Crippen molar-refractivity contribution in [3.8, 4) is 0 Å². The molecule has 0 saturated heterocycles. The second-order valence-electron chi connectivity index (χ2n) is 5.31. The standard InChI is InChI=1S/C12H26IN5O/c1-4-6(2)8-5-9(18-19)11(16-13)12(17-15)10(14)7(8)3/h6,9-12,16-19H,4-5,14-15H2,1-3H3. The molecule has 7 heteroatoms. The third-order valence-corrected chi connectivity index (χ3v) is 5.06. The van der Waals surface area contributed by atoms with Crippen LogP contribution in [0.2, 0.25) is 0 Å². The first kappa shape index (κ1) is 17.3. The molecule has 1 aliphatic carbocycles. The van der Waals surface area contributed by atoms with Gasteiger partial charge in [-0.1, -0.05) is 25.0 Å². The van der Waals surface area contributed by atoms with E-state index in [2.05, 4.69) is 58.1 Å². The fourth-order valence-corrected chi connectivity index (χ4v) is 3.62. The van der Waals surface area contributed by atoms with Crippen molar-refractivity contribution in [2.45, 2.75) is 57.8 Å². The van der Waals surface area contributed by atoms with Gasteiger partial charge in [0.1, 0.15) is 0 Å². The van der Waals surface area contributed by atoms with Gasteiger partial charge in [-0.15, -0.1) is 0 Å². The fourth-order valence-electron chi connectivity index (χ4n) is 2.80. The lowest BCUT2D eigenvalue weighted by atomic mass is 9.89. The number of hydrogen-bond acceptors (Lipinski definition) is 6. The first-order chi connectivity index (χ1) is 9.01. The third kappa shape index (κ3) is 3.66. The minimum Gasteiger partial charge on any atom is -0.323 e. The van der Waals surface area contributed by atoms with Crippen LogP contribution in [0.5, 0.6) is 0 Å². The summed E-state index contributed by atoms with van der Waals surface area (Å²) in [6, 6.07) is -0.477.